The number of halogens is 2. The number of anilines is 1. The van der Waals surface area contributed by atoms with Crippen molar-refractivity contribution in [3.63, 3.8) is 0 Å². The van der Waals surface area contributed by atoms with Crippen molar-refractivity contribution in [2.45, 2.75) is 51.1 Å². The fourth-order valence-corrected chi connectivity index (χ4v) is 4.43. The van der Waals surface area contributed by atoms with Crippen molar-refractivity contribution in [3.05, 3.63) is 28.2 Å². The van der Waals surface area contributed by atoms with Crippen LogP contribution in [0.4, 0.5) is 5.69 Å². The highest BCUT2D eigenvalue weighted by Crippen LogP contribution is 2.37. The van der Waals surface area contributed by atoms with Gasteiger partial charge in [0.1, 0.15) is 0 Å². The van der Waals surface area contributed by atoms with Gasteiger partial charge >= 0.3 is 0 Å². The van der Waals surface area contributed by atoms with Gasteiger partial charge in [-0.05, 0) is 37.8 Å². The van der Waals surface area contributed by atoms with Gasteiger partial charge < -0.3 is 10.2 Å². The zero-order chi connectivity index (χ0) is 14.8. The number of nitrogens with zero attached hydrogens (tertiary/aromatic N) is 1. The topological polar surface area (TPSA) is 15.3 Å². The summed E-state index contributed by atoms with van der Waals surface area (Å²) < 4.78 is 0. The van der Waals surface area contributed by atoms with Crippen LogP contribution in [0.25, 0.3) is 0 Å². The highest BCUT2D eigenvalue weighted by Gasteiger charge is 2.32. The molecule has 2 fully saturated rings. The van der Waals surface area contributed by atoms with E-state index in [4.69, 9.17) is 23.2 Å². The number of benzene rings is 1. The molecule has 4 heteroatoms. The van der Waals surface area contributed by atoms with Gasteiger partial charge in [-0.2, -0.15) is 0 Å². The summed E-state index contributed by atoms with van der Waals surface area (Å²) in [7, 11) is 0. The molecule has 1 aliphatic heterocycles. The predicted molar refractivity (Wildman–Crippen MR) is 91.6 cm³/mol. The first-order valence-electron chi connectivity index (χ1n) is 8.11. The molecule has 2 aliphatic rings. The van der Waals surface area contributed by atoms with Crippen LogP contribution in [0, 0.1) is 5.92 Å². The smallest absolute Gasteiger partial charge is 0.0748 e. The molecule has 0 spiro atoms. The minimum Gasteiger partial charge on any atom is -0.364 e. The van der Waals surface area contributed by atoms with E-state index >= 15 is 0 Å². The lowest BCUT2D eigenvalue weighted by Crippen LogP contribution is -2.58. The van der Waals surface area contributed by atoms with Crippen molar-refractivity contribution >= 4 is 28.9 Å². The zero-order valence-corrected chi connectivity index (χ0v) is 14.1. The third-order valence-corrected chi connectivity index (χ3v) is 5.65. The van der Waals surface area contributed by atoms with Crippen molar-refractivity contribution in [2.75, 3.05) is 18.0 Å². The Morgan fingerprint density at radius 1 is 1.10 bits per heavy atom. The molecule has 1 N–H and O–H groups in total. The van der Waals surface area contributed by atoms with Gasteiger partial charge in [0.15, 0.2) is 0 Å². The first kappa shape index (κ1) is 15.5. The standard InChI is InChI=1S/C17H24Cl2N2/c1-12-10-20-16(13-6-3-2-4-7-13)11-21(12)17-14(18)8-5-9-15(17)19/h5,8-9,12-13,16,20H,2-4,6-7,10-11H2,1H3. The third kappa shape index (κ3) is 3.33. The van der Waals surface area contributed by atoms with Crippen LogP contribution in [0.2, 0.25) is 10.0 Å². The van der Waals surface area contributed by atoms with Crippen LogP contribution in [0.1, 0.15) is 39.0 Å². The fraction of sp³-hybridized carbons (Fsp3) is 0.647. The largest absolute Gasteiger partial charge is 0.364 e. The van der Waals surface area contributed by atoms with E-state index in [2.05, 4.69) is 17.1 Å². The average molecular weight is 327 g/mol. The number of nitrogens with one attached hydrogen (secondary N) is 1. The molecule has 2 unspecified atom stereocenters. The fourth-order valence-electron chi connectivity index (χ4n) is 3.82. The second-order valence-electron chi connectivity index (χ2n) is 6.48. The normalized spacial score (nSPS) is 27.9. The predicted octanol–water partition coefficient (Wildman–Crippen LogP) is 4.74. The molecule has 0 radical (unpaired) electrons. The molecular formula is C17H24Cl2N2. The van der Waals surface area contributed by atoms with E-state index < -0.39 is 0 Å². The number of hydrogen-bond donors (Lipinski definition) is 1. The summed E-state index contributed by atoms with van der Waals surface area (Å²) >= 11 is 12.8. The maximum absolute atomic E-state index is 6.42. The van der Waals surface area contributed by atoms with Crippen LogP contribution in [0.3, 0.4) is 0 Å². The Balaban J connectivity index is 1.80. The van der Waals surface area contributed by atoms with Gasteiger partial charge in [-0.1, -0.05) is 48.5 Å². The summed E-state index contributed by atoms with van der Waals surface area (Å²) in [4.78, 5) is 2.40. The minimum absolute atomic E-state index is 0.419. The van der Waals surface area contributed by atoms with Gasteiger partial charge in [0, 0.05) is 25.2 Å². The Kier molecular flexibility index (Phi) is 4.98. The highest BCUT2D eigenvalue weighted by molar-refractivity contribution is 6.39. The molecule has 1 saturated heterocycles. The van der Waals surface area contributed by atoms with E-state index in [0.29, 0.717) is 12.1 Å². The summed E-state index contributed by atoms with van der Waals surface area (Å²) in [5.74, 6) is 0.801. The van der Waals surface area contributed by atoms with Crippen molar-refractivity contribution in [3.8, 4) is 0 Å². The molecule has 0 bridgehead atoms. The maximum atomic E-state index is 6.42. The summed E-state index contributed by atoms with van der Waals surface area (Å²) in [5.41, 5.74) is 1.01. The summed E-state index contributed by atoms with van der Waals surface area (Å²) in [6, 6.07) is 6.77. The Bertz CT molecular complexity index is 465. The third-order valence-electron chi connectivity index (χ3n) is 5.04. The molecule has 1 aromatic carbocycles. The van der Waals surface area contributed by atoms with Crippen LogP contribution in [0.15, 0.2) is 18.2 Å². The van der Waals surface area contributed by atoms with E-state index in [1.54, 1.807) is 0 Å². The van der Waals surface area contributed by atoms with Crippen LogP contribution in [0.5, 0.6) is 0 Å². The van der Waals surface area contributed by atoms with Crippen LogP contribution in [-0.2, 0) is 0 Å². The van der Waals surface area contributed by atoms with Gasteiger partial charge in [-0.15, -0.1) is 0 Å². The number of para-hydroxylation sites is 1. The molecular weight excluding hydrogens is 303 g/mol. The molecule has 0 aromatic heterocycles. The van der Waals surface area contributed by atoms with E-state index in [1.807, 2.05) is 18.2 Å². The number of piperazine rings is 1. The summed E-state index contributed by atoms with van der Waals surface area (Å²) in [6.45, 7) is 4.25. The first-order chi connectivity index (χ1) is 10.2. The van der Waals surface area contributed by atoms with Crippen LogP contribution >= 0.6 is 23.2 Å². The molecule has 1 saturated carbocycles. The summed E-state index contributed by atoms with van der Waals surface area (Å²) in [5, 5.41) is 5.27. The molecule has 21 heavy (non-hydrogen) atoms. The van der Waals surface area contributed by atoms with Crippen molar-refractivity contribution in [1.29, 1.82) is 0 Å². The van der Waals surface area contributed by atoms with Gasteiger partial charge in [0.05, 0.1) is 15.7 Å². The van der Waals surface area contributed by atoms with E-state index in [1.165, 1.54) is 32.1 Å². The highest BCUT2D eigenvalue weighted by atomic mass is 35.5. The molecule has 0 amide bonds. The second-order valence-corrected chi connectivity index (χ2v) is 7.30. The quantitative estimate of drug-likeness (QED) is 0.844. The van der Waals surface area contributed by atoms with Crippen LogP contribution in [-0.4, -0.2) is 25.2 Å². The van der Waals surface area contributed by atoms with E-state index in [9.17, 15) is 0 Å². The van der Waals surface area contributed by atoms with Gasteiger partial charge in [-0.3, -0.25) is 0 Å². The molecule has 2 atom stereocenters. The second kappa shape index (κ2) is 6.76. The van der Waals surface area contributed by atoms with Crippen LogP contribution < -0.4 is 10.2 Å². The van der Waals surface area contributed by atoms with Crippen molar-refractivity contribution in [1.82, 2.24) is 5.32 Å². The zero-order valence-electron chi connectivity index (χ0n) is 12.6. The molecule has 1 aliphatic carbocycles. The SMILES string of the molecule is CC1CNC(C2CCCCC2)CN1c1c(Cl)cccc1Cl. The molecule has 3 rings (SSSR count). The van der Waals surface area contributed by atoms with Crippen molar-refractivity contribution < 1.29 is 0 Å². The Labute approximate surface area is 137 Å². The molecule has 1 heterocycles. The van der Waals surface area contributed by atoms with Gasteiger partial charge in [0.25, 0.3) is 0 Å². The Hall–Kier alpha value is -0.440. The van der Waals surface area contributed by atoms with E-state index in [0.717, 1.165) is 34.7 Å². The van der Waals surface area contributed by atoms with Crippen molar-refractivity contribution in [2.24, 2.45) is 5.92 Å². The van der Waals surface area contributed by atoms with E-state index in [-0.39, 0.29) is 0 Å². The maximum Gasteiger partial charge on any atom is 0.0748 e. The number of rotatable bonds is 2. The average Bonchev–Trinajstić information content (AvgIpc) is 2.50. The Morgan fingerprint density at radius 2 is 1.76 bits per heavy atom. The lowest BCUT2D eigenvalue weighted by molar-refractivity contribution is 0.245. The lowest BCUT2D eigenvalue weighted by Gasteiger charge is -2.44. The van der Waals surface area contributed by atoms with Gasteiger partial charge in [-0.25, -0.2) is 0 Å². The molecule has 2 nitrogen and oxygen atoms in total. The monoisotopic (exact) mass is 326 g/mol. The minimum atomic E-state index is 0.419. The molecule has 116 valence electrons. The molecule has 1 aromatic rings. The van der Waals surface area contributed by atoms with Gasteiger partial charge in [0.2, 0.25) is 0 Å². The number of hydrogen-bond acceptors (Lipinski definition) is 2. The summed E-state index contributed by atoms with van der Waals surface area (Å²) in [6.07, 6.45) is 6.88. The first-order valence-corrected chi connectivity index (χ1v) is 8.86. The lowest BCUT2D eigenvalue weighted by atomic mass is 9.82. The Morgan fingerprint density at radius 3 is 2.43 bits per heavy atom.